The van der Waals surface area contributed by atoms with Gasteiger partial charge in [-0.2, -0.15) is 5.10 Å². The summed E-state index contributed by atoms with van der Waals surface area (Å²) >= 11 is 0. The molecule has 142 valence electrons. The number of aryl methyl sites for hydroxylation is 1. The lowest BCUT2D eigenvalue weighted by Gasteiger charge is -2.08. The number of nitrogens with zero attached hydrogens (tertiary/aromatic N) is 1. The number of nitrogens with one attached hydrogen (secondary N) is 1. The summed E-state index contributed by atoms with van der Waals surface area (Å²) in [7, 11) is 0. The largest absolute Gasteiger partial charge is 0.484 e. The van der Waals surface area contributed by atoms with E-state index in [1.54, 1.807) is 0 Å². The third-order valence-corrected chi connectivity index (χ3v) is 4.37. The van der Waals surface area contributed by atoms with Crippen LogP contribution in [-0.2, 0) is 4.79 Å². The molecule has 1 N–H and O–H groups in total. The molecule has 0 radical (unpaired) electrons. The van der Waals surface area contributed by atoms with Gasteiger partial charge in [-0.1, -0.05) is 79.2 Å². The molecule has 0 heterocycles. The van der Waals surface area contributed by atoms with E-state index in [-0.39, 0.29) is 12.5 Å². The summed E-state index contributed by atoms with van der Waals surface area (Å²) < 4.78 is 5.48. The zero-order valence-corrected chi connectivity index (χ0v) is 16.2. The summed E-state index contributed by atoms with van der Waals surface area (Å²) in [6.07, 6.45) is 0.712. The molecule has 0 bridgehead atoms. The third-order valence-electron chi connectivity index (χ3n) is 4.37. The summed E-state index contributed by atoms with van der Waals surface area (Å²) in [5.74, 6) is 0.379. The highest BCUT2D eigenvalue weighted by Crippen LogP contribution is 2.20. The van der Waals surface area contributed by atoms with Gasteiger partial charge in [0.05, 0.1) is 5.71 Å². The number of hydrogen-bond acceptors (Lipinski definition) is 3. The second-order valence-corrected chi connectivity index (χ2v) is 6.49. The molecule has 3 rings (SSSR count). The highest BCUT2D eigenvalue weighted by Gasteiger charge is 2.06. The Bertz CT molecular complexity index is 931. The molecule has 0 atom stereocenters. The van der Waals surface area contributed by atoms with Crippen molar-refractivity contribution in [2.45, 2.75) is 20.3 Å². The molecule has 28 heavy (non-hydrogen) atoms. The Kier molecular flexibility index (Phi) is 6.58. The van der Waals surface area contributed by atoms with E-state index in [0.717, 1.165) is 22.4 Å². The van der Waals surface area contributed by atoms with Gasteiger partial charge in [-0.25, -0.2) is 5.43 Å². The first-order valence-corrected chi connectivity index (χ1v) is 9.36. The first-order valence-electron chi connectivity index (χ1n) is 9.36. The summed E-state index contributed by atoms with van der Waals surface area (Å²) in [6, 6.07) is 26.0. The number of hydrogen-bond donors (Lipinski definition) is 1. The Morgan fingerprint density at radius 2 is 1.54 bits per heavy atom. The van der Waals surface area contributed by atoms with Gasteiger partial charge in [0.25, 0.3) is 5.91 Å². The van der Waals surface area contributed by atoms with Crippen LogP contribution in [0.4, 0.5) is 0 Å². The van der Waals surface area contributed by atoms with Crippen LogP contribution < -0.4 is 10.2 Å². The molecule has 0 saturated carbocycles. The van der Waals surface area contributed by atoms with Crippen LogP contribution in [0.2, 0.25) is 0 Å². The monoisotopic (exact) mass is 372 g/mol. The minimum atomic E-state index is -0.285. The Morgan fingerprint density at radius 1 is 0.893 bits per heavy atom. The molecule has 0 saturated heterocycles. The number of rotatable bonds is 7. The molecule has 3 aromatic carbocycles. The molecule has 0 aliphatic heterocycles. The van der Waals surface area contributed by atoms with Crippen molar-refractivity contribution in [3.63, 3.8) is 0 Å². The first-order chi connectivity index (χ1) is 13.7. The third kappa shape index (κ3) is 5.30. The zero-order chi connectivity index (χ0) is 19.8. The van der Waals surface area contributed by atoms with Crippen LogP contribution in [0.1, 0.15) is 24.5 Å². The molecule has 0 aliphatic carbocycles. The van der Waals surface area contributed by atoms with Crippen LogP contribution in [-0.4, -0.2) is 18.2 Å². The molecule has 0 spiro atoms. The molecule has 4 nitrogen and oxygen atoms in total. The lowest BCUT2D eigenvalue weighted by molar-refractivity contribution is -0.123. The van der Waals surface area contributed by atoms with E-state index in [2.05, 4.69) is 34.8 Å². The van der Waals surface area contributed by atoms with E-state index in [1.165, 1.54) is 5.56 Å². The van der Waals surface area contributed by atoms with Gasteiger partial charge in [0.15, 0.2) is 6.61 Å². The number of carbonyl (C=O) groups is 1. The van der Waals surface area contributed by atoms with Gasteiger partial charge in [0.1, 0.15) is 5.75 Å². The Hall–Kier alpha value is -3.40. The minimum absolute atomic E-state index is 0.0729. The Labute approximate surface area is 165 Å². The molecule has 3 aromatic rings. The van der Waals surface area contributed by atoms with E-state index < -0.39 is 0 Å². The van der Waals surface area contributed by atoms with E-state index in [4.69, 9.17) is 4.74 Å². The predicted molar refractivity (Wildman–Crippen MR) is 114 cm³/mol. The second kappa shape index (κ2) is 9.51. The predicted octanol–water partition coefficient (Wildman–Crippen LogP) is 4.97. The van der Waals surface area contributed by atoms with Crippen LogP contribution >= 0.6 is 0 Å². The average molecular weight is 372 g/mol. The lowest BCUT2D eigenvalue weighted by atomic mass is 10.0. The van der Waals surface area contributed by atoms with Gasteiger partial charge in [0.2, 0.25) is 0 Å². The van der Waals surface area contributed by atoms with Crippen molar-refractivity contribution in [3.05, 3.63) is 90.0 Å². The van der Waals surface area contributed by atoms with Crippen LogP contribution in [0.15, 0.2) is 84.0 Å². The quantitative estimate of drug-likeness (QED) is 0.470. The fraction of sp³-hybridized carbons (Fsp3) is 0.167. The van der Waals surface area contributed by atoms with Crippen molar-refractivity contribution >= 4 is 11.6 Å². The number of carbonyl (C=O) groups excluding carboxylic acids is 1. The lowest BCUT2D eigenvalue weighted by Crippen LogP contribution is -2.26. The smallest absolute Gasteiger partial charge is 0.277 e. The normalized spacial score (nSPS) is 11.1. The van der Waals surface area contributed by atoms with Gasteiger partial charge in [0, 0.05) is 0 Å². The Morgan fingerprint density at radius 3 is 2.18 bits per heavy atom. The Balaban J connectivity index is 1.60. The van der Waals surface area contributed by atoms with Gasteiger partial charge < -0.3 is 4.74 Å². The zero-order valence-electron chi connectivity index (χ0n) is 16.2. The fourth-order valence-corrected chi connectivity index (χ4v) is 2.78. The van der Waals surface area contributed by atoms with Gasteiger partial charge in [-0.3, -0.25) is 4.79 Å². The minimum Gasteiger partial charge on any atom is -0.484 e. The second-order valence-electron chi connectivity index (χ2n) is 6.49. The van der Waals surface area contributed by atoms with Crippen LogP contribution in [0.25, 0.3) is 11.1 Å². The SMILES string of the molecule is CC/C(=N/NC(=O)COc1ccc(C)cc1)c1ccc(-c2ccccc2)cc1. The molecule has 0 aromatic heterocycles. The molecule has 0 fully saturated rings. The van der Waals surface area contributed by atoms with Crippen molar-refractivity contribution in [1.82, 2.24) is 5.43 Å². The summed E-state index contributed by atoms with van der Waals surface area (Å²) in [4.78, 5) is 12.0. The van der Waals surface area contributed by atoms with Crippen molar-refractivity contribution in [3.8, 4) is 16.9 Å². The maximum absolute atomic E-state index is 12.0. The summed E-state index contributed by atoms with van der Waals surface area (Å²) in [6.45, 7) is 3.94. The van der Waals surface area contributed by atoms with Crippen molar-refractivity contribution in [2.24, 2.45) is 5.10 Å². The number of amides is 1. The van der Waals surface area contributed by atoms with E-state index in [9.17, 15) is 4.79 Å². The van der Waals surface area contributed by atoms with E-state index >= 15 is 0 Å². The van der Waals surface area contributed by atoms with Crippen LogP contribution in [0.3, 0.4) is 0 Å². The summed E-state index contributed by atoms with van der Waals surface area (Å²) in [5.41, 5.74) is 7.86. The van der Waals surface area contributed by atoms with E-state index in [1.807, 2.05) is 68.4 Å². The molecule has 1 amide bonds. The highest BCUT2D eigenvalue weighted by atomic mass is 16.5. The fourth-order valence-electron chi connectivity index (χ4n) is 2.78. The number of benzene rings is 3. The molecule has 4 heteroatoms. The maximum atomic E-state index is 12.0. The average Bonchev–Trinajstić information content (AvgIpc) is 2.75. The number of ether oxygens (including phenoxy) is 1. The van der Waals surface area contributed by atoms with Crippen molar-refractivity contribution in [2.75, 3.05) is 6.61 Å². The van der Waals surface area contributed by atoms with Gasteiger partial charge >= 0.3 is 0 Å². The maximum Gasteiger partial charge on any atom is 0.277 e. The molecule has 0 aliphatic rings. The molecular weight excluding hydrogens is 348 g/mol. The first kappa shape index (κ1) is 19.4. The highest BCUT2D eigenvalue weighted by molar-refractivity contribution is 6.01. The van der Waals surface area contributed by atoms with E-state index in [0.29, 0.717) is 12.2 Å². The number of hydrazone groups is 1. The van der Waals surface area contributed by atoms with Crippen molar-refractivity contribution in [1.29, 1.82) is 0 Å². The van der Waals surface area contributed by atoms with Crippen LogP contribution in [0, 0.1) is 6.92 Å². The topological polar surface area (TPSA) is 50.7 Å². The van der Waals surface area contributed by atoms with Gasteiger partial charge in [-0.15, -0.1) is 0 Å². The standard InChI is InChI=1S/C24H24N2O2/c1-3-23(21-13-11-20(12-14-21)19-7-5-4-6-8-19)25-26-24(27)17-28-22-15-9-18(2)10-16-22/h4-16H,3,17H2,1-2H3,(H,26,27)/b25-23-. The van der Waals surface area contributed by atoms with Crippen LogP contribution in [0.5, 0.6) is 5.75 Å². The summed E-state index contributed by atoms with van der Waals surface area (Å²) in [5, 5.41) is 4.28. The molecular formula is C24H24N2O2. The van der Waals surface area contributed by atoms with Gasteiger partial charge in [-0.05, 0) is 42.2 Å². The molecule has 0 unspecified atom stereocenters. The van der Waals surface area contributed by atoms with Crippen molar-refractivity contribution < 1.29 is 9.53 Å².